The number of nitrogens with zero attached hydrogens (tertiary/aromatic N) is 1. The van der Waals surface area contributed by atoms with Gasteiger partial charge in [-0.05, 0) is 31.4 Å². The fourth-order valence-electron chi connectivity index (χ4n) is 2.30. The molecule has 24 heavy (non-hydrogen) atoms. The summed E-state index contributed by atoms with van der Waals surface area (Å²) in [6.07, 6.45) is 0.768. The summed E-state index contributed by atoms with van der Waals surface area (Å²) >= 11 is 3.34. The topological polar surface area (TPSA) is 71.1 Å². The first-order valence-electron chi connectivity index (χ1n) is 7.93. The van der Waals surface area contributed by atoms with Gasteiger partial charge in [0.05, 0.1) is 15.6 Å². The first-order chi connectivity index (χ1) is 11.4. The van der Waals surface area contributed by atoms with E-state index < -0.39 is 6.04 Å². The first-order valence-corrected chi connectivity index (χ1v) is 9.62. The minimum absolute atomic E-state index is 0.0511. The van der Waals surface area contributed by atoms with E-state index in [-0.39, 0.29) is 17.7 Å². The van der Waals surface area contributed by atoms with Gasteiger partial charge in [0.15, 0.2) is 0 Å². The van der Waals surface area contributed by atoms with Gasteiger partial charge in [-0.3, -0.25) is 9.59 Å². The highest BCUT2D eigenvalue weighted by Crippen LogP contribution is 2.29. The lowest BCUT2D eigenvalue weighted by Gasteiger charge is -2.20. The quantitative estimate of drug-likeness (QED) is 0.792. The van der Waals surface area contributed by atoms with Gasteiger partial charge in [0.2, 0.25) is 11.8 Å². The number of thiophene rings is 1. The van der Waals surface area contributed by atoms with Crippen LogP contribution in [-0.2, 0) is 16.0 Å². The van der Waals surface area contributed by atoms with E-state index in [4.69, 9.17) is 0 Å². The molecule has 0 saturated heterocycles. The molecule has 2 rings (SSSR count). The fraction of sp³-hybridized carbons (Fsp3) is 0.471. The standard InChI is InChI=1S/C17H23N3O2S2/c1-10(2)16(19-11(3)21)17(22)18-8-7-13-5-6-15(24-13)14-9-23-12(4)20-14/h5-6,9-10,16H,7-8H2,1-4H3,(H,18,22)(H,19,21)/t16-/m0/s1. The van der Waals surface area contributed by atoms with E-state index in [9.17, 15) is 9.59 Å². The van der Waals surface area contributed by atoms with Crippen molar-refractivity contribution in [3.05, 3.63) is 27.4 Å². The summed E-state index contributed by atoms with van der Waals surface area (Å²) in [6, 6.07) is 3.67. The Morgan fingerprint density at radius 2 is 2.04 bits per heavy atom. The molecule has 130 valence electrons. The molecular weight excluding hydrogens is 342 g/mol. The van der Waals surface area contributed by atoms with Gasteiger partial charge in [-0.1, -0.05) is 13.8 Å². The lowest BCUT2D eigenvalue weighted by Crippen LogP contribution is -2.49. The Balaban J connectivity index is 1.86. The van der Waals surface area contributed by atoms with Crippen molar-refractivity contribution >= 4 is 34.5 Å². The molecule has 1 atom stereocenters. The summed E-state index contributed by atoms with van der Waals surface area (Å²) in [7, 11) is 0. The van der Waals surface area contributed by atoms with Crippen LogP contribution in [-0.4, -0.2) is 29.4 Å². The molecule has 0 saturated carbocycles. The van der Waals surface area contributed by atoms with Gasteiger partial charge < -0.3 is 10.6 Å². The highest BCUT2D eigenvalue weighted by Gasteiger charge is 2.22. The van der Waals surface area contributed by atoms with Crippen molar-refractivity contribution in [2.45, 2.75) is 40.2 Å². The van der Waals surface area contributed by atoms with Gasteiger partial charge in [0.1, 0.15) is 6.04 Å². The second-order valence-corrected chi connectivity index (χ2v) is 8.21. The summed E-state index contributed by atoms with van der Waals surface area (Å²) in [6.45, 7) is 7.81. The van der Waals surface area contributed by atoms with Gasteiger partial charge in [-0.15, -0.1) is 22.7 Å². The van der Waals surface area contributed by atoms with Crippen LogP contribution in [0.15, 0.2) is 17.5 Å². The van der Waals surface area contributed by atoms with Gasteiger partial charge in [0.25, 0.3) is 0 Å². The number of rotatable bonds is 7. The van der Waals surface area contributed by atoms with E-state index in [1.807, 2.05) is 20.8 Å². The number of carbonyl (C=O) groups is 2. The van der Waals surface area contributed by atoms with Crippen LogP contribution in [0.4, 0.5) is 0 Å². The summed E-state index contributed by atoms with van der Waals surface area (Å²) in [5.74, 6) is -0.271. The van der Waals surface area contributed by atoms with Crippen LogP contribution in [0.5, 0.6) is 0 Å². The Morgan fingerprint density at radius 1 is 1.29 bits per heavy atom. The number of hydrogen-bond donors (Lipinski definition) is 2. The van der Waals surface area contributed by atoms with Crippen molar-refractivity contribution in [3.8, 4) is 10.6 Å². The Bertz CT molecular complexity index is 706. The van der Waals surface area contributed by atoms with E-state index in [0.717, 1.165) is 22.0 Å². The maximum Gasteiger partial charge on any atom is 0.242 e. The summed E-state index contributed by atoms with van der Waals surface area (Å²) in [5, 5.41) is 8.73. The van der Waals surface area contributed by atoms with Crippen LogP contribution in [0.3, 0.4) is 0 Å². The predicted molar refractivity (Wildman–Crippen MR) is 99.3 cm³/mol. The molecule has 7 heteroatoms. The van der Waals surface area contributed by atoms with Gasteiger partial charge in [-0.25, -0.2) is 4.98 Å². The van der Waals surface area contributed by atoms with Crippen molar-refractivity contribution in [1.29, 1.82) is 0 Å². The molecule has 0 aliphatic carbocycles. The van der Waals surface area contributed by atoms with Crippen LogP contribution >= 0.6 is 22.7 Å². The van der Waals surface area contributed by atoms with Crippen molar-refractivity contribution in [3.63, 3.8) is 0 Å². The molecule has 2 amide bonds. The fourth-order valence-corrected chi connectivity index (χ4v) is 3.95. The highest BCUT2D eigenvalue weighted by atomic mass is 32.1. The Kier molecular flexibility index (Phi) is 6.51. The molecule has 2 aromatic rings. The Hall–Kier alpha value is -1.73. The number of hydrogen-bond acceptors (Lipinski definition) is 5. The monoisotopic (exact) mass is 365 g/mol. The van der Waals surface area contributed by atoms with E-state index in [1.165, 1.54) is 11.8 Å². The van der Waals surface area contributed by atoms with Crippen molar-refractivity contribution in [1.82, 2.24) is 15.6 Å². The smallest absolute Gasteiger partial charge is 0.242 e. The third kappa shape index (κ3) is 5.14. The number of aryl methyl sites for hydroxylation is 1. The molecule has 0 fully saturated rings. The van der Waals surface area contributed by atoms with Crippen LogP contribution < -0.4 is 10.6 Å². The zero-order valence-electron chi connectivity index (χ0n) is 14.4. The van der Waals surface area contributed by atoms with Gasteiger partial charge in [0, 0.05) is 23.7 Å². The number of nitrogens with one attached hydrogen (secondary N) is 2. The Morgan fingerprint density at radius 3 is 2.62 bits per heavy atom. The minimum Gasteiger partial charge on any atom is -0.354 e. The lowest BCUT2D eigenvalue weighted by molar-refractivity contribution is -0.129. The molecule has 0 aliphatic rings. The van der Waals surface area contributed by atoms with Crippen LogP contribution in [0.1, 0.15) is 30.7 Å². The molecule has 2 N–H and O–H groups in total. The van der Waals surface area contributed by atoms with E-state index in [1.54, 1.807) is 22.7 Å². The number of aromatic nitrogens is 1. The molecular formula is C17H23N3O2S2. The van der Waals surface area contributed by atoms with Crippen molar-refractivity contribution in [2.75, 3.05) is 6.54 Å². The molecule has 2 heterocycles. The third-order valence-electron chi connectivity index (χ3n) is 3.51. The molecule has 0 spiro atoms. The minimum atomic E-state index is -0.487. The number of thiazole rings is 1. The first kappa shape index (κ1) is 18.6. The SMILES string of the molecule is CC(=O)N[C@H](C(=O)NCCc1ccc(-c2csc(C)n2)s1)C(C)C. The average Bonchev–Trinajstić information content (AvgIpc) is 3.13. The predicted octanol–water partition coefficient (Wildman–Crippen LogP) is 3.00. The number of amides is 2. The molecule has 0 bridgehead atoms. The van der Waals surface area contributed by atoms with E-state index in [2.05, 4.69) is 33.1 Å². The summed E-state index contributed by atoms with van der Waals surface area (Å²) in [5.41, 5.74) is 1.02. The lowest BCUT2D eigenvalue weighted by atomic mass is 10.0. The van der Waals surface area contributed by atoms with Crippen LogP contribution in [0.25, 0.3) is 10.6 Å². The largest absolute Gasteiger partial charge is 0.354 e. The zero-order valence-corrected chi connectivity index (χ0v) is 16.0. The van der Waals surface area contributed by atoms with Crippen molar-refractivity contribution in [2.24, 2.45) is 5.92 Å². The molecule has 0 aromatic carbocycles. The van der Waals surface area contributed by atoms with Crippen molar-refractivity contribution < 1.29 is 9.59 Å². The molecule has 2 aromatic heterocycles. The van der Waals surface area contributed by atoms with E-state index >= 15 is 0 Å². The summed E-state index contributed by atoms with van der Waals surface area (Å²) < 4.78 is 0. The second kappa shape index (κ2) is 8.39. The Labute approximate surface area is 150 Å². The second-order valence-electron chi connectivity index (χ2n) is 5.98. The number of carbonyl (C=O) groups excluding carboxylic acids is 2. The average molecular weight is 366 g/mol. The molecule has 5 nitrogen and oxygen atoms in total. The zero-order chi connectivity index (χ0) is 17.7. The van der Waals surface area contributed by atoms with Gasteiger partial charge >= 0.3 is 0 Å². The normalized spacial score (nSPS) is 12.2. The highest BCUT2D eigenvalue weighted by molar-refractivity contribution is 7.16. The van der Waals surface area contributed by atoms with Crippen LogP contribution in [0, 0.1) is 12.8 Å². The van der Waals surface area contributed by atoms with Crippen LogP contribution in [0.2, 0.25) is 0 Å². The maximum absolute atomic E-state index is 12.2. The third-order valence-corrected chi connectivity index (χ3v) is 5.45. The maximum atomic E-state index is 12.2. The summed E-state index contributed by atoms with van der Waals surface area (Å²) in [4.78, 5) is 30.3. The molecule has 0 unspecified atom stereocenters. The molecule has 0 radical (unpaired) electrons. The molecule has 0 aliphatic heterocycles. The van der Waals surface area contributed by atoms with Gasteiger partial charge in [-0.2, -0.15) is 0 Å². The van der Waals surface area contributed by atoms with E-state index in [0.29, 0.717) is 6.54 Å².